The molecule has 240 valence electrons. The zero-order chi connectivity index (χ0) is 33.0. The second-order valence-corrected chi connectivity index (χ2v) is 13.5. The molecule has 0 bridgehead atoms. The molecule has 1 unspecified atom stereocenters. The van der Waals surface area contributed by atoms with Gasteiger partial charge in [-0.15, -0.1) is 0 Å². The van der Waals surface area contributed by atoms with Crippen molar-refractivity contribution < 1.29 is 4.74 Å². The summed E-state index contributed by atoms with van der Waals surface area (Å²) in [6.45, 7) is 1.37. The third-order valence-electron chi connectivity index (χ3n) is 10.6. The predicted octanol–water partition coefficient (Wildman–Crippen LogP) is 11.7. The Labute approximate surface area is 292 Å². The fourth-order valence-corrected chi connectivity index (χ4v) is 8.29. The molecule has 1 aromatic heterocycles. The van der Waals surface area contributed by atoms with Crippen LogP contribution in [0, 0.1) is 5.92 Å². The summed E-state index contributed by atoms with van der Waals surface area (Å²) in [7, 11) is 0. The smallest absolute Gasteiger partial charge is 0.133 e. The predicted molar refractivity (Wildman–Crippen MR) is 209 cm³/mol. The van der Waals surface area contributed by atoms with Crippen molar-refractivity contribution in [3.63, 3.8) is 0 Å². The summed E-state index contributed by atoms with van der Waals surface area (Å²) in [6, 6.07) is 38.0. The Kier molecular flexibility index (Phi) is 6.83. The number of nitrogens with zero attached hydrogens (tertiary/aromatic N) is 2. The van der Waals surface area contributed by atoms with Gasteiger partial charge in [-0.25, -0.2) is 0 Å². The largest absolute Gasteiger partial charge is 0.488 e. The van der Waals surface area contributed by atoms with E-state index < -0.39 is 0 Å². The number of aromatic nitrogens is 1. The third-order valence-corrected chi connectivity index (χ3v) is 10.6. The summed E-state index contributed by atoms with van der Waals surface area (Å²) in [5.74, 6) is 1.40. The number of hydrogen-bond donors (Lipinski definition) is 0. The second kappa shape index (κ2) is 11.8. The minimum atomic E-state index is 0.426. The van der Waals surface area contributed by atoms with E-state index in [1.165, 1.54) is 77.8 Å². The van der Waals surface area contributed by atoms with Crippen molar-refractivity contribution in [2.24, 2.45) is 5.92 Å². The third kappa shape index (κ3) is 4.65. The van der Waals surface area contributed by atoms with Gasteiger partial charge < -0.3 is 14.2 Å². The lowest BCUT2D eigenvalue weighted by atomic mass is 9.87. The Morgan fingerprint density at radius 3 is 2.52 bits per heavy atom. The molecule has 0 N–H and O–H groups in total. The molecule has 6 aromatic rings. The van der Waals surface area contributed by atoms with Gasteiger partial charge in [0, 0.05) is 46.0 Å². The van der Waals surface area contributed by atoms with Gasteiger partial charge in [0.25, 0.3) is 0 Å². The Balaban J connectivity index is 1.28. The minimum absolute atomic E-state index is 0.426. The van der Waals surface area contributed by atoms with E-state index in [-0.39, 0.29) is 0 Å². The number of ether oxygens (including phenoxy) is 1. The van der Waals surface area contributed by atoms with Crippen LogP contribution in [-0.4, -0.2) is 11.2 Å². The fourth-order valence-electron chi connectivity index (χ4n) is 8.29. The SMILES string of the molecule is C1=CCC2C=CC(n3c4ccccc4c4c5c(cc(-c6ccc7c(c6)-c6ccccc6CN7c6ccccc6)c43)C/C=C\C=C/CO5)=CC2=C1. The summed E-state index contributed by atoms with van der Waals surface area (Å²) in [5, 5.41) is 2.38. The van der Waals surface area contributed by atoms with E-state index >= 15 is 0 Å². The highest BCUT2D eigenvalue weighted by Gasteiger charge is 2.28. The summed E-state index contributed by atoms with van der Waals surface area (Å²) >= 11 is 0. The summed E-state index contributed by atoms with van der Waals surface area (Å²) < 4.78 is 9.19. The molecule has 2 aliphatic carbocycles. The van der Waals surface area contributed by atoms with Crippen LogP contribution in [0.15, 0.2) is 169 Å². The van der Waals surface area contributed by atoms with Gasteiger partial charge in [0.1, 0.15) is 12.4 Å². The van der Waals surface area contributed by atoms with E-state index in [2.05, 4.69) is 173 Å². The highest BCUT2D eigenvalue weighted by Crippen LogP contribution is 2.49. The molecule has 0 saturated carbocycles. The monoisotopic (exact) mass is 644 g/mol. The maximum absolute atomic E-state index is 6.70. The van der Waals surface area contributed by atoms with Crippen molar-refractivity contribution in [3.05, 3.63) is 181 Å². The fraction of sp³-hybridized carbons (Fsp3) is 0.106. The molecule has 5 aromatic carbocycles. The van der Waals surface area contributed by atoms with Crippen LogP contribution in [-0.2, 0) is 13.0 Å². The number of rotatable bonds is 3. The van der Waals surface area contributed by atoms with Crippen molar-refractivity contribution in [2.75, 3.05) is 11.5 Å². The van der Waals surface area contributed by atoms with E-state index in [9.17, 15) is 0 Å². The summed E-state index contributed by atoms with van der Waals surface area (Å²) in [6.07, 6.45) is 24.2. The summed E-state index contributed by atoms with van der Waals surface area (Å²) in [5.41, 5.74) is 14.8. The molecule has 4 aliphatic rings. The van der Waals surface area contributed by atoms with Gasteiger partial charge in [0.05, 0.1) is 16.4 Å². The Hall–Kier alpha value is -6.06. The summed E-state index contributed by atoms with van der Waals surface area (Å²) in [4.78, 5) is 2.45. The first-order valence-corrected chi connectivity index (χ1v) is 17.7. The number of benzene rings is 5. The minimum Gasteiger partial charge on any atom is -0.488 e. The molecule has 3 heteroatoms. The average molecular weight is 645 g/mol. The Morgan fingerprint density at radius 2 is 1.56 bits per heavy atom. The number of fused-ring (bicyclic) bond motifs is 9. The van der Waals surface area contributed by atoms with Crippen molar-refractivity contribution in [3.8, 4) is 28.0 Å². The Bertz CT molecular complexity index is 2520. The quantitative estimate of drug-likeness (QED) is 0.191. The van der Waals surface area contributed by atoms with Crippen LogP contribution in [0.1, 0.15) is 17.5 Å². The first-order valence-electron chi connectivity index (χ1n) is 17.7. The first kappa shape index (κ1) is 28.9. The maximum Gasteiger partial charge on any atom is 0.133 e. The van der Waals surface area contributed by atoms with E-state index in [0.717, 1.165) is 25.1 Å². The van der Waals surface area contributed by atoms with Crippen LogP contribution >= 0.6 is 0 Å². The van der Waals surface area contributed by atoms with E-state index in [0.29, 0.717) is 12.5 Å². The zero-order valence-electron chi connectivity index (χ0n) is 27.8. The van der Waals surface area contributed by atoms with Crippen LogP contribution in [0.25, 0.3) is 49.8 Å². The van der Waals surface area contributed by atoms with Crippen molar-refractivity contribution in [1.82, 2.24) is 4.57 Å². The molecule has 0 amide bonds. The van der Waals surface area contributed by atoms with Gasteiger partial charge in [-0.1, -0.05) is 109 Å². The molecule has 3 heterocycles. The molecular weight excluding hydrogens is 609 g/mol. The number of hydrogen-bond acceptors (Lipinski definition) is 2. The van der Waals surface area contributed by atoms with Crippen LogP contribution in [0.4, 0.5) is 11.4 Å². The molecule has 50 heavy (non-hydrogen) atoms. The number of allylic oxidation sites excluding steroid dienone is 11. The molecule has 0 fully saturated rings. The average Bonchev–Trinajstić information content (AvgIpc) is 3.57. The van der Waals surface area contributed by atoms with Crippen LogP contribution in [0.3, 0.4) is 0 Å². The standard InChI is InChI=1S/C47H36N2O/c1-2-13-27-50-47-35(16-4-1)30-41(34-24-26-43-42(29-34)39-20-10-9-17-36(39)31-48(43)37-18-5-3-6-19-37)46-45(47)40-21-11-12-22-44(40)49(46)38-25-23-32-14-7-8-15-33(32)28-38/h1-13,15,17-26,28-30,32H,14,16,27,31H2/b4-1-,13-2-. The highest BCUT2D eigenvalue weighted by atomic mass is 16.5. The normalized spacial score (nSPS) is 18.8. The molecule has 0 radical (unpaired) electrons. The molecule has 2 aliphatic heterocycles. The van der Waals surface area contributed by atoms with Gasteiger partial charge in [-0.2, -0.15) is 0 Å². The van der Waals surface area contributed by atoms with Gasteiger partial charge in [-0.05, 0) is 95.3 Å². The number of para-hydroxylation sites is 2. The van der Waals surface area contributed by atoms with Crippen molar-refractivity contribution >= 4 is 38.9 Å². The van der Waals surface area contributed by atoms with Crippen molar-refractivity contribution in [1.29, 1.82) is 0 Å². The Morgan fingerprint density at radius 1 is 0.700 bits per heavy atom. The van der Waals surface area contributed by atoms with Crippen LogP contribution in [0.2, 0.25) is 0 Å². The lowest BCUT2D eigenvalue weighted by Crippen LogP contribution is -2.21. The van der Waals surface area contributed by atoms with Gasteiger partial charge in [0.2, 0.25) is 0 Å². The molecule has 10 rings (SSSR count). The van der Waals surface area contributed by atoms with Gasteiger partial charge in [-0.3, -0.25) is 0 Å². The van der Waals surface area contributed by atoms with Gasteiger partial charge >= 0.3 is 0 Å². The molecule has 1 atom stereocenters. The first-order chi connectivity index (χ1) is 24.8. The van der Waals surface area contributed by atoms with E-state index in [1.807, 2.05) is 0 Å². The lowest BCUT2D eigenvalue weighted by molar-refractivity contribution is 0.364. The van der Waals surface area contributed by atoms with Gasteiger partial charge in [0.15, 0.2) is 0 Å². The second-order valence-electron chi connectivity index (χ2n) is 13.5. The zero-order valence-corrected chi connectivity index (χ0v) is 27.8. The van der Waals surface area contributed by atoms with Crippen LogP contribution < -0.4 is 9.64 Å². The topological polar surface area (TPSA) is 17.4 Å². The lowest BCUT2D eigenvalue weighted by Gasteiger charge is -2.33. The van der Waals surface area contributed by atoms with Crippen LogP contribution in [0.5, 0.6) is 5.75 Å². The number of anilines is 2. The highest BCUT2D eigenvalue weighted by molar-refractivity contribution is 6.18. The maximum atomic E-state index is 6.70. The molecule has 3 nitrogen and oxygen atoms in total. The molecular formula is C47H36N2O. The van der Waals surface area contributed by atoms with E-state index in [4.69, 9.17) is 4.74 Å². The van der Waals surface area contributed by atoms with Crippen molar-refractivity contribution in [2.45, 2.75) is 19.4 Å². The molecule has 0 saturated heterocycles. The molecule has 0 spiro atoms. The van der Waals surface area contributed by atoms with E-state index in [1.54, 1.807) is 0 Å².